The van der Waals surface area contributed by atoms with Crippen LogP contribution in [0.5, 0.6) is 5.75 Å². The van der Waals surface area contributed by atoms with Crippen molar-refractivity contribution in [3.8, 4) is 5.75 Å². The molecule has 3 N–H and O–H groups in total. The Morgan fingerprint density at radius 3 is 2.50 bits per heavy atom. The molecule has 0 heterocycles. The highest BCUT2D eigenvalue weighted by Crippen LogP contribution is 2.39. The van der Waals surface area contributed by atoms with Crippen molar-refractivity contribution in [3.63, 3.8) is 0 Å². The lowest BCUT2D eigenvalue weighted by atomic mass is 9.95. The maximum Gasteiger partial charge on any atom is 0.261 e. The first kappa shape index (κ1) is 19.1. The first-order valence-corrected chi connectivity index (χ1v) is 8.54. The van der Waals surface area contributed by atoms with Crippen LogP contribution in [-0.2, 0) is 4.79 Å². The molecule has 1 amide bonds. The largest absolute Gasteiger partial charge is 0.481 e. The molecule has 1 saturated carbocycles. The van der Waals surface area contributed by atoms with Gasteiger partial charge in [0.05, 0.1) is 5.54 Å². The highest BCUT2D eigenvalue weighted by molar-refractivity contribution is 7.98. The lowest BCUT2D eigenvalue weighted by Gasteiger charge is -2.31. The van der Waals surface area contributed by atoms with E-state index in [9.17, 15) is 4.79 Å². The van der Waals surface area contributed by atoms with Crippen molar-refractivity contribution in [1.82, 2.24) is 5.32 Å². The summed E-state index contributed by atoms with van der Waals surface area (Å²) in [6, 6.07) is 7.74. The minimum Gasteiger partial charge on any atom is -0.481 e. The molecule has 1 fully saturated rings. The Morgan fingerprint density at radius 2 is 2.05 bits per heavy atom. The van der Waals surface area contributed by atoms with Gasteiger partial charge >= 0.3 is 0 Å². The molecule has 1 aromatic carbocycles. The van der Waals surface area contributed by atoms with Crippen LogP contribution in [0.25, 0.3) is 0 Å². The summed E-state index contributed by atoms with van der Waals surface area (Å²) in [6.07, 6.45) is 3.77. The smallest absolute Gasteiger partial charge is 0.261 e. The van der Waals surface area contributed by atoms with Crippen molar-refractivity contribution in [1.29, 1.82) is 0 Å². The van der Waals surface area contributed by atoms with Gasteiger partial charge in [-0.25, -0.2) is 0 Å². The molecule has 0 saturated heterocycles. The Kier molecular flexibility index (Phi) is 7.03. The van der Waals surface area contributed by atoms with Crippen LogP contribution in [0.2, 0.25) is 0 Å². The minimum absolute atomic E-state index is 0. The second kappa shape index (κ2) is 8.09. The molecule has 0 spiro atoms. The van der Waals surface area contributed by atoms with Crippen molar-refractivity contribution in [2.45, 2.75) is 43.2 Å². The molecule has 1 aromatic rings. The topological polar surface area (TPSA) is 64.3 Å². The molecule has 0 bridgehead atoms. The number of halogens is 1. The molecule has 2 atom stereocenters. The number of amides is 1. The van der Waals surface area contributed by atoms with Gasteiger partial charge in [0.2, 0.25) is 0 Å². The highest BCUT2D eigenvalue weighted by Gasteiger charge is 2.42. The van der Waals surface area contributed by atoms with Crippen LogP contribution in [0.1, 0.15) is 26.7 Å². The van der Waals surface area contributed by atoms with Crippen molar-refractivity contribution < 1.29 is 9.53 Å². The van der Waals surface area contributed by atoms with Crippen LogP contribution in [0, 0.1) is 5.92 Å². The third kappa shape index (κ3) is 4.80. The zero-order valence-electron chi connectivity index (χ0n) is 13.3. The zero-order valence-corrected chi connectivity index (χ0v) is 14.9. The van der Waals surface area contributed by atoms with Gasteiger partial charge in [0.25, 0.3) is 5.91 Å². The molecule has 0 radical (unpaired) electrons. The van der Waals surface area contributed by atoms with Crippen LogP contribution in [0.3, 0.4) is 0 Å². The minimum atomic E-state index is -0.533. The fourth-order valence-corrected chi connectivity index (χ4v) is 2.74. The molecular weight excluding hydrogens is 320 g/mol. The molecule has 6 heteroatoms. The van der Waals surface area contributed by atoms with E-state index in [1.807, 2.05) is 37.4 Å². The number of carbonyl (C=O) groups excluding carboxylic acids is 1. The number of hydrogen-bond acceptors (Lipinski definition) is 4. The molecule has 1 aliphatic carbocycles. The predicted octanol–water partition coefficient (Wildman–Crippen LogP) is 2.84. The molecule has 2 unspecified atom stereocenters. The molecule has 1 aliphatic rings. The molecule has 4 nitrogen and oxygen atoms in total. The van der Waals surface area contributed by atoms with Crippen LogP contribution >= 0.6 is 24.2 Å². The van der Waals surface area contributed by atoms with Gasteiger partial charge in [0, 0.05) is 11.4 Å². The summed E-state index contributed by atoms with van der Waals surface area (Å²) in [7, 11) is 0. The molecule has 0 aromatic heterocycles. The fourth-order valence-electron chi connectivity index (χ4n) is 2.34. The average molecular weight is 345 g/mol. The highest BCUT2D eigenvalue weighted by atomic mass is 35.5. The van der Waals surface area contributed by atoms with Crippen molar-refractivity contribution in [2.75, 3.05) is 12.8 Å². The summed E-state index contributed by atoms with van der Waals surface area (Å²) >= 11 is 1.67. The Hall–Kier alpha value is -0.910. The van der Waals surface area contributed by atoms with Crippen LogP contribution in [-0.4, -0.2) is 30.4 Å². The first-order valence-electron chi connectivity index (χ1n) is 7.31. The fraction of sp³-hybridized carbons (Fsp3) is 0.562. The van der Waals surface area contributed by atoms with Gasteiger partial charge in [-0.05, 0) is 63.1 Å². The summed E-state index contributed by atoms with van der Waals surface area (Å²) < 4.78 is 5.70. The van der Waals surface area contributed by atoms with E-state index in [2.05, 4.69) is 5.32 Å². The van der Waals surface area contributed by atoms with E-state index in [1.54, 1.807) is 18.7 Å². The second-order valence-electron chi connectivity index (χ2n) is 5.82. The van der Waals surface area contributed by atoms with Gasteiger partial charge in [-0.2, -0.15) is 0 Å². The van der Waals surface area contributed by atoms with Crippen molar-refractivity contribution in [2.24, 2.45) is 11.7 Å². The number of nitrogens with one attached hydrogen (secondary N) is 1. The lowest BCUT2D eigenvalue weighted by Crippen LogP contribution is -2.56. The number of nitrogens with two attached hydrogens (primary N) is 1. The van der Waals surface area contributed by atoms with Crippen LogP contribution in [0.15, 0.2) is 29.2 Å². The summed E-state index contributed by atoms with van der Waals surface area (Å²) in [5, 5.41) is 3.05. The second-order valence-corrected chi connectivity index (χ2v) is 6.70. The van der Waals surface area contributed by atoms with Gasteiger partial charge < -0.3 is 15.8 Å². The number of thioether (sulfide) groups is 1. The Bertz CT molecular complexity index is 493. The van der Waals surface area contributed by atoms with Gasteiger partial charge in [0.1, 0.15) is 5.75 Å². The molecular formula is C16H25ClN2O2S. The van der Waals surface area contributed by atoms with E-state index in [4.69, 9.17) is 10.5 Å². The average Bonchev–Trinajstić information content (AvgIpc) is 3.33. The van der Waals surface area contributed by atoms with E-state index >= 15 is 0 Å². The van der Waals surface area contributed by atoms with E-state index in [0.29, 0.717) is 18.2 Å². The summed E-state index contributed by atoms with van der Waals surface area (Å²) in [5.74, 6) is 1.10. The SMILES string of the molecule is CSc1ccc(OC(C)C(=O)NC(C)(CN)C2CC2)cc1.Cl. The molecule has 2 rings (SSSR count). The number of rotatable bonds is 7. The third-order valence-electron chi connectivity index (χ3n) is 4.05. The Morgan fingerprint density at radius 1 is 1.45 bits per heavy atom. The van der Waals surface area contributed by atoms with Crippen molar-refractivity contribution >= 4 is 30.1 Å². The Labute approximate surface area is 143 Å². The maximum absolute atomic E-state index is 12.3. The standard InChI is InChI=1S/C16H24N2O2S.ClH/c1-11(20-13-6-8-14(21-3)9-7-13)15(19)18-16(2,10-17)12-4-5-12;/h6-9,11-12H,4-5,10,17H2,1-3H3,(H,18,19);1H. The zero-order chi connectivity index (χ0) is 15.5. The number of benzene rings is 1. The quantitative estimate of drug-likeness (QED) is 0.746. The summed E-state index contributed by atoms with van der Waals surface area (Å²) in [6.45, 7) is 4.24. The number of ether oxygens (including phenoxy) is 1. The van der Waals surface area contributed by atoms with E-state index in [1.165, 1.54) is 4.90 Å². The summed E-state index contributed by atoms with van der Waals surface area (Å²) in [4.78, 5) is 13.5. The van der Waals surface area contributed by atoms with E-state index in [0.717, 1.165) is 12.8 Å². The maximum atomic E-state index is 12.3. The van der Waals surface area contributed by atoms with Gasteiger partial charge in [-0.15, -0.1) is 24.2 Å². The lowest BCUT2D eigenvalue weighted by molar-refractivity contribution is -0.129. The third-order valence-corrected chi connectivity index (χ3v) is 4.80. The predicted molar refractivity (Wildman–Crippen MR) is 93.9 cm³/mol. The number of carbonyl (C=O) groups is 1. The van der Waals surface area contributed by atoms with Crippen LogP contribution < -0.4 is 15.8 Å². The summed E-state index contributed by atoms with van der Waals surface area (Å²) in [5.41, 5.74) is 5.51. The number of hydrogen-bond donors (Lipinski definition) is 2. The molecule has 124 valence electrons. The van der Waals surface area contributed by atoms with Crippen molar-refractivity contribution in [3.05, 3.63) is 24.3 Å². The van der Waals surface area contributed by atoms with E-state index < -0.39 is 6.10 Å². The monoisotopic (exact) mass is 344 g/mol. The molecule has 0 aliphatic heterocycles. The Balaban J connectivity index is 0.00000242. The van der Waals surface area contributed by atoms with Gasteiger partial charge in [-0.1, -0.05) is 0 Å². The molecule has 22 heavy (non-hydrogen) atoms. The van der Waals surface area contributed by atoms with Crippen LogP contribution in [0.4, 0.5) is 0 Å². The first-order chi connectivity index (χ1) is 9.98. The normalized spacial score (nSPS) is 17.8. The van der Waals surface area contributed by atoms with Gasteiger partial charge in [-0.3, -0.25) is 4.79 Å². The van der Waals surface area contributed by atoms with E-state index in [-0.39, 0.29) is 23.9 Å². The van der Waals surface area contributed by atoms with Gasteiger partial charge in [0.15, 0.2) is 6.10 Å².